The number of halogens is 1. The number of hydrogen-bond donors (Lipinski definition) is 1. The molecule has 1 fully saturated rings. The molecular formula is C15H25ClN2O2S. The molecule has 2 N–H and O–H groups in total. The van der Waals surface area contributed by atoms with Crippen molar-refractivity contribution in [3.05, 3.63) is 30.3 Å². The summed E-state index contributed by atoms with van der Waals surface area (Å²) in [5.41, 5.74) is 6.15. The molecule has 1 heterocycles. The fraction of sp³-hybridized carbons (Fsp3) is 0.600. The maximum atomic E-state index is 12.2. The van der Waals surface area contributed by atoms with Gasteiger partial charge in [0.2, 0.25) is 0 Å². The molecule has 2 rings (SSSR count). The molecule has 6 heteroatoms. The van der Waals surface area contributed by atoms with Crippen LogP contribution < -0.4 is 5.73 Å². The Balaban J connectivity index is 0.00000220. The largest absolute Gasteiger partial charge is 0.327 e. The van der Waals surface area contributed by atoms with E-state index in [0.29, 0.717) is 11.4 Å². The van der Waals surface area contributed by atoms with Crippen molar-refractivity contribution in [1.29, 1.82) is 0 Å². The van der Waals surface area contributed by atoms with Crippen molar-refractivity contribution in [2.45, 2.75) is 31.2 Å². The van der Waals surface area contributed by atoms with Gasteiger partial charge >= 0.3 is 0 Å². The van der Waals surface area contributed by atoms with E-state index >= 15 is 0 Å². The standard InChI is InChI=1S/C15H24N2O2S.ClH/c1-15(2)12-17(9-8-14(15)16)10-11-20(18,19)13-6-4-3-5-7-13;/h3-7,14H,8-12,16H2,1-2H3;1H. The minimum atomic E-state index is -3.18. The van der Waals surface area contributed by atoms with Crippen LogP contribution >= 0.6 is 12.4 Å². The summed E-state index contributed by atoms with van der Waals surface area (Å²) in [6.45, 7) is 6.62. The van der Waals surface area contributed by atoms with Crippen molar-refractivity contribution in [2.24, 2.45) is 11.1 Å². The van der Waals surface area contributed by atoms with Crippen LogP contribution in [0, 0.1) is 5.41 Å². The lowest BCUT2D eigenvalue weighted by molar-refractivity contribution is 0.101. The molecule has 1 atom stereocenters. The van der Waals surface area contributed by atoms with Gasteiger partial charge in [0.25, 0.3) is 0 Å². The Labute approximate surface area is 134 Å². The van der Waals surface area contributed by atoms with Gasteiger partial charge in [-0.3, -0.25) is 0 Å². The van der Waals surface area contributed by atoms with Crippen molar-refractivity contribution in [2.75, 3.05) is 25.4 Å². The lowest BCUT2D eigenvalue weighted by Gasteiger charge is -2.42. The van der Waals surface area contributed by atoms with Crippen molar-refractivity contribution < 1.29 is 8.42 Å². The summed E-state index contributed by atoms with van der Waals surface area (Å²) >= 11 is 0. The first-order chi connectivity index (χ1) is 9.31. The Kier molecular flexibility index (Phi) is 6.23. The smallest absolute Gasteiger partial charge is 0.179 e. The number of piperidine rings is 1. The zero-order valence-corrected chi connectivity index (χ0v) is 14.3. The molecule has 0 aliphatic carbocycles. The lowest BCUT2D eigenvalue weighted by atomic mass is 9.80. The molecule has 0 bridgehead atoms. The summed E-state index contributed by atoms with van der Waals surface area (Å²) < 4.78 is 24.5. The van der Waals surface area contributed by atoms with Crippen LogP contribution in [0.4, 0.5) is 0 Å². The van der Waals surface area contributed by atoms with Gasteiger partial charge in [0.1, 0.15) is 0 Å². The van der Waals surface area contributed by atoms with Gasteiger partial charge in [-0.05, 0) is 30.5 Å². The van der Waals surface area contributed by atoms with Crippen LogP contribution in [0.5, 0.6) is 0 Å². The summed E-state index contributed by atoms with van der Waals surface area (Å²) in [5.74, 6) is 0.169. The third-order valence-electron chi connectivity index (χ3n) is 4.17. The van der Waals surface area contributed by atoms with Crippen LogP contribution in [-0.2, 0) is 9.84 Å². The van der Waals surface area contributed by atoms with Gasteiger partial charge in [0.15, 0.2) is 9.84 Å². The summed E-state index contributed by atoms with van der Waals surface area (Å²) in [4.78, 5) is 2.62. The van der Waals surface area contributed by atoms with E-state index in [1.807, 2.05) is 6.07 Å². The molecule has 4 nitrogen and oxygen atoms in total. The van der Waals surface area contributed by atoms with Gasteiger partial charge in [0, 0.05) is 19.1 Å². The molecule has 0 saturated carbocycles. The summed E-state index contributed by atoms with van der Waals surface area (Å²) in [6, 6.07) is 8.86. The highest BCUT2D eigenvalue weighted by atomic mass is 35.5. The molecule has 1 unspecified atom stereocenters. The normalized spacial score (nSPS) is 22.5. The van der Waals surface area contributed by atoms with Gasteiger partial charge in [-0.2, -0.15) is 0 Å². The fourth-order valence-corrected chi connectivity index (χ4v) is 3.98. The maximum absolute atomic E-state index is 12.2. The van der Waals surface area contributed by atoms with Crippen LogP contribution in [0.15, 0.2) is 35.2 Å². The molecule has 1 aromatic carbocycles. The molecule has 0 spiro atoms. The molecule has 1 aliphatic rings. The molecule has 0 amide bonds. The molecule has 1 saturated heterocycles. The highest BCUT2D eigenvalue weighted by Crippen LogP contribution is 2.27. The molecule has 120 valence electrons. The van der Waals surface area contributed by atoms with Gasteiger partial charge in [-0.25, -0.2) is 8.42 Å². The average Bonchev–Trinajstić information content (AvgIpc) is 2.41. The fourth-order valence-electron chi connectivity index (χ4n) is 2.67. The average molecular weight is 333 g/mol. The van der Waals surface area contributed by atoms with E-state index in [1.165, 1.54) is 0 Å². The van der Waals surface area contributed by atoms with Gasteiger partial charge < -0.3 is 10.6 Å². The zero-order valence-electron chi connectivity index (χ0n) is 12.7. The van der Waals surface area contributed by atoms with Crippen LogP contribution in [0.1, 0.15) is 20.3 Å². The van der Waals surface area contributed by atoms with Crippen molar-refractivity contribution in [3.8, 4) is 0 Å². The SMILES string of the molecule is CC1(C)CN(CCS(=O)(=O)c2ccccc2)CCC1N.Cl. The monoisotopic (exact) mass is 332 g/mol. The molecule has 21 heavy (non-hydrogen) atoms. The zero-order chi connectivity index (χ0) is 14.8. The van der Waals surface area contributed by atoms with E-state index in [0.717, 1.165) is 19.5 Å². The number of benzene rings is 1. The van der Waals surface area contributed by atoms with Gasteiger partial charge in [-0.1, -0.05) is 32.0 Å². The first kappa shape index (κ1) is 18.4. The molecule has 0 radical (unpaired) electrons. The molecule has 1 aliphatic heterocycles. The van der Waals surface area contributed by atoms with E-state index in [-0.39, 0.29) is 29.6 Å². The summed E-state index contributed by atoms with van der Waals surface area (Å²) in [6.07, 6.45) is 0.929. The number of nitrogens with zero attached hydrogens (tertiary/aromatic N) is 1. The Bertz CT molecular complexity index is 546. The van der Waals surface area contributed by atoms with Crippen LogP contribution in [0.2, 0.25) is 0 Å². The van der Waals surface area contributed by atoms with Crippen LogP contribution in [0.25, 0.3) is 0 Å². The second-order valence-electron chi connectivity index (χ2n) is 6.29. The van der Waals surface area contributed by atoms with Crippen molar-refractivity contribution in [3.63, 3.8) is 0 Å². The molecule has 1 aromatic rings. The van der Waals surface area contributed by atoms with E-state index in [1.54, 1.807) is 24.3 Å². The first-order valence-corrected chi connectivity index (χ1v) is 8.72. The van der Waals surface area contributed by atoms with Crippen LogP contribution in [0.3, 0.4) is 0 Å². The minimum absolute atomic E-state index is 0. The third-order valence-corrected chi connectivity index (χ3v) is 5.88. The van der Waals surface area contributed by atoms with Crippen molar-refractivity contribution in [1.82, 2.24) is 4.90 Å². The first-order valence-electron chi connectivity index (χ1n) is 7.07. The quantitative estimate of drug-likeness (QED) is 0.915. The second kappa shape index (κ2) is 7.09. The van der Waals surface area contributed by atoms with Gasteiger partial charge in [0.05, 0.1) is 10.6 Å². The number of rotatable bonds is 4. The number of sulfone groups is 1. The van der Waals surface area contributed by atoms with E-state index in [9.17, 15) is 8.42 Å². The third kappa shape index (κ3) is 4.68. The topological polar surface area (TPSA) is 63.4 Å². The predicted octanol–water partition coefficient (Wildman–Crippen LogP) is 1.94. The Morgan fingerprint density at radius 1 is 1.29 bits per heavy atom. The van der Waals surface area contributed by atoms with E-state index in [4.69, 9.17) is 5.73 Å². The lowest BCUT2D eigenvalue weighted by Crippen LogP contribution is -2.53. The minimum Gasteiger partial charge on any atom is -0.327 e. The summed E-state index contributed by atoms with van der Waals surface area (Å²) in [5, 5.41) is 0. The van der Waals surface area contributed by atoms with E-state index < -0.39 is 9.84 Å². The van der Waals surface area contributed by atoms with Crippen LogP contribution in [-0.4, -0.2) is 44.7 Å². The highest BCUT2D eigenvalue weighted by Gasteiger charge is 2.33. The molecular weight excluding hydrogens is 308 g/mol. The number of hydrogen-bond acceptors (Lipinski definition) is 4. The number of likely N-dealkylation sites (tertiary alicyclic amines) is 1. The van der Waals surface area contributed by atoms with Crippen molar-refractivity contribution >= 4 is 22.2 Å². The number of nitrogens with two attached hydrogens (primary N) is 1. The van der Waals surface area contributed by atoms with Gasteiger partial charge in [-0.15, -0.1) is 12.4 Å². The summed E-state index contributed by atoms with van der Waals surface area (Å²) in [7, 11) is -3.18. The Morgan fingerprint density at radius 2 is 1.90 bits per heavy atom. The molecule has 0 aromatic heterocycles. The predicted molar refractivity (Wildman–Crippen MR) is 88.6 cm³/mol. The highest BCUT2D eigenvalue weighted by molar-refractivity contribution is 7.91. The Morgan fingerprint density at radius 3 is 2.48 bits per heavy atom. The second-order valence-corrected chi connectivity index (χ2v) is 8.40. The van der Waals surface area contributed by atoms with E-state index in [2.05, 4.69) is 18.7 Å². The Hall–Kier alpha value is -0.620. The maximum Gasteiger partial charge on any atom is 0.179 e.